The summed E-state index contributed by atoms with van der Waals surface area (Å²) in [6, 6.07) is 14.2. The van der Waals surface area contributed by atoms with E-state index in [9.17, 15) is 45.5 Å². The predicted octanol–water partition coefficient (Wildman–Crippen LogP) is 6.98. The normalized spacial score (nSPS) is 16.1. The maximum absolute atomic E-state index is 14.0. The van der Waals surface area contributed by atoms with Gasteiger partial charge in [-0.1, -0.05) is 62.4 Å². The highest BCUT2D eigenvalue weighted by Crippen LogP contribution is 2.36. The standard InChI is InChI=1S/C38H37F6N3O6/c1-22(2)14-32(47-13-12-29(34(47)49)35(50)52-20-23-8-4-3-5-9-23)33(48)46-31(17-25-19-45-30-11-7-6-10-28(25)30)36(51)53-21-24-15-26(37(39,40)41)18-27(16-24)38(42,43)44/h3-11,15-16,18-19,22,29,31-32,45H,12-14,17,20-21H2,1-2H3,(H,46,48)/t29-,31-,32-/m0/s1. The molecule has 2 amide bonds. The highest BCUT2D eigenvalue weighted by atomic mass is 19.4. The summed E-state index contributed by atoms with van der Waals surface area (Å²) in [6.45, 7) is 2.67. The number of esters is 2. The maximum Gasteiger partial charge on any atom is 0.416 e. The van der Waals surface area contributed by atoms with Gasteiger partial charge in [0.25, 0.3) is 0 Å². The second kappa shape index (κ2) is 16.1. The van der Waals surface area contributed by atoms with Crippen molar-refractivity contribution >= 4 is 34.7 Å². The number of likely N-dealkylation sites (tertiary alicyclic amines) is 1. The van der Waals surface area contributed by atoms with Crippen LogP contribution in [0.3, 0.4) is 0 Å². The first kappa shape index (κ1) is 38.9. The van der Waals surface area contributed by atoms with Crippen LogP contribution in [0.15, 0.2) is 79.0 Å². The molecule has 0 bridgehead atoms. The average molecular weight is 746 g/mol. The van der Waals surface area contributed by atoms with Gasteiger partial charge in [0.15, 0.2) is 0 Å². The summed E-state index contributed by atoms with van der Waals surface area (Å²) in [7, 11) is 0. The van der Waals surface area contributed by atoms with Gasteiger partial charge in [0.2, 0.25) is 11.8 Å². The van der Waals surface area contributed by atoms with Gasteiger partial charge in [-0.25, -0.2) is 4.79 Å². The molecule has 0 radical (unpaired) electrons. The number of hydrogen-bond acceptors (Lipinski definition) is 6. The Morgan fingerprint density at radius 2 is 1.49 bits per heavy atom. The first-order chi connectivity index (χ1) is 25.0. The Balaban J connectivity index is 1.36. The minimum atomic E-state index is -5.11. The number of para-hydroxylation sites is 1. The van der Waals surface area contributed by atoms with Crippen LogP contribution in [-0.4, -0.2) is 52.3 Å². The van der Waals surface area contributed by atoms with Crippen molar-refractivity contribution in [1.82, 2.24) is 15.2 Å². The van der Waals surface area contributed by atoms with Gasteiger partial charge >= 0.3 is 24.3 Å². The van der Waals surface area contributed by atoms with Crippen LogP contribution in [0.2, 0.25) is 0 Å². The molecule has 1 fully saturated rings. The minimum absolute atomic E-state index is 0.0343. The van der Waals surface area contributed by atoms with Crippen LogP contribution in [0.4, 0.5) is 26.3 Å². The molecule has 0 spiro atoms. The second-order valence-electron chi connectivity index (χ2n) is 13.3. The molecule has 15 heteroatoms. The Morgan fingerprint density at radius 1 is 0.868 bits per heavy atom. The highest BCUT2D eigenvalue weighted by molar-refractivity contribution is 6.01. The van der Waals surface area contributed by atoms with E-state index >= 15 is 0 Å². The Hall–Kier alpha value is -5.34. The number of amides is 2. The molecule has 2 heterocycles. The summed E-state index contributed by atoms with van der Waals surface area (Å²) in [5.74, 6) is -4.54. The number of nitrogens with zero attached hydrogens (tertiary/aromatic N) is 1. The molecule has 4 aromatic rings. The van der Waals surface area contributed by atoms with Crippen molar-refractivity contribution in [2.24, 2.45) is 11.8 Å². The number of carbonyl (C=O) groups excluding carboxylic acids is 4. The fourth-order valence-corrected chi connectivity index (χ4v) is 6.22. The van der Waals surface area contributed by atoms with Gasteiger partial charge in [0, 0.05) is 30.1 Å². The van der Waals surface area contributed by atoms with Crippen molar-refractivity contribution < 1.29 is 55.0 Å². The summed E-state index contributed by atoms with van der Waals surface area (Å²) in [5.41, 5.74) is -1.73. The van der Waals surface area contributed by atoms with Gasteiger partial charge in [-0.2, -0.15) is 26.3 Å². The number of carbonyl (C=O) groups is 4. The molecule has 1 aliphatic rings. The molecule has 0 unspecified atom stereocenters. The van der Waals surface area contributed by atoms with Crippen LogP contribution in [0.25, 0.3) is 10.9 Å². The molecule has 3 aromatic carbocycles. The maximum atomic E-state index is 14.0. The number of aromatic amines is 1. The van der Waals surface area contributed by atoms with Gasteiger partial charge in [0.1, 0.15) is 31.2 Å². The van der Waals surface area contributed by atoms with Crippen molar-refractivity contribution in [3.8, 4) is 0 Å². The SMILES string of the molecule is CC(C)C[C@@H](C(=O)N[C@@H](Cc1c[nH]c2ccccc12)C(=O)OCc1cc(C(F)(F)F)cc(C(F)(F)F)c1)N1CC[C@H](C(=O)OCc2ccccc2)C1=O. The number of hydrogen-bond donors (Lipinski definition) is 2. The summed E-state index contributed by atoms with van der Waals surface area (Å²) in [6.07, 6.45) is -8.57. The topological polar surface area (TPSA) is 118 Å². The first-order valence-electron chi connectivity index (χ1n) is 16.8. The summed E-state index contributed by atoms with van der Waals surface area (Å²) in [5, 5.41) is 3.32. The molecule has 2 N–H and O–H groups in total. The predicted molar refractivity (Wildman–Crippen MR) is 179 cm³/mol. The molecule has 1 saturated heterocycles. The van der Waals surface area contributed by atoms with Gasteiger partial charge in [-0.05, 0) is 59.7 Å². The van der Waals surface area contributed by atoms with Crippen molar-refractivity contribution in [3.05, 3.63) is 107 Å². The summed E-state index contributed by atoms with van der Waals surface area (Å²) in [4.78, 5) is 58.4. The molecular formula is C38H37F6N3O6. The molecule has 3 atom stereocenters. The molecule has 0 aliphatic carbocycles. The third-order valence-electron chi connectivity index (χ3n) is 8.85. The van der Waals surface area contributed by atoms with E-state index in [2.05, 4.69) is 10.3 Å². The number of benzene rings is 3. The molecule has 9 nitrogen and oxygen atoms in total. The van der Waals surface area contributed by atoms with Crippen molar-refractivity contribution in [1.29, 1.82) is 0 Å². The van der Waals surface area contributed by atoms with E-state index in [4.69, 9.17) is 9.47 Å². The number of halogens is 6. The van der Waals surface area contributed by atoms with Crippen LogP contribution in [0.1, 0.15) is 54.5 Å². The lowest BCUT2D eigenvalue weighted by Gasteiger charge is -2.30. The summed E-state index contributed by atoms with van der Waals surface area (Å²) >= 11 is 0. The van der Waals surface area contributed by atoms with Crippen LogP contribution in [-0.2, 0) is 60.6 Å². The molecule has 0 saturated carbocycles. The third-order valence-corrected chi connectivity index (χ3v) is 8.85. The largest absolute Gasteiger partial charge is 0.460 e. The van der Waals surface area contributed by atoms with Gasteiger partial charge < -0.3 is 24.7 Å². The number of nitrogens with one attached hydrogen (secondary N) is 2. The first-order valence-corrected chi connectivity index (χ1v) is 16.8. The smallest absolute Gasteiger partial charge is 0.416 e. The molecule has 5 rings (SSSR count). The molecule has 282 valence electrons. The van der Waals surface area contributed by atoms with Crippen LogP contribution in [0.5, 0.6) is 0 Å². The number of fused-ring (bicyclic) bond motifs is 1. The monoisotopic (exact) mass is 745 g/mol. The molecular weight excluding hydrogens is 708 g/mol. The lowest BCUT2D eigenvalue weighted by Crippen LogP contribution is -2.53. The lowest BCUT2D eigenvalue weighted by atomic mass is 10.00. The van der Waals surface area contributed by atoms with E-state index in [1.807, 2.05) is 13.8 Å². The quantitative estimate of drug-likeness (QED) is 0.0867. The number of alkyl halides is 6. The Bertz CT molecular complexity index is 1910. The Morgan fingerprint density at radius 3 is 2.13 bits per heavy atom. The van der Waals surface area contributed by atoms with Crippen LogP contribution in [0, 0.1) is 11.8 Å². The van der Waals surface area contributed by atoms with Crippen molar-refractivity contribution in [2.45, 2.75) is 70.8 Å². The summed E-state index contributed by atoms with van der Waals surface area (Å²) < 4.78 is 91.4. The van der Waals surface area contributed by atoms with E-state index < -0.39 is 77.4 Å². The number of ether oxygens (including phenoxy) is 2. The van der Waals surface area contributed by atoms with Crippen LogP contribution < -0.4 is 5.32 Å². The second-order valence-corrected chi connectivity index (χ2v) is 13.3. The fourth-order valence-electron chi connectivity index (χ4n) is 6.22. The van der Waals surface area contributed by atoms with E-state index in [1.165, 1.54) is 4.90 Å². The van der Waals surface area contributed by atoms with E-state index in [1.54, 1.807) is 60.8 Å². The lowest BCUT2D eigenvalue weighted by molar-refractivity contribution is -0.155. The molecule has 53 heavy (non-hydrogen) atoms. The van der Waals surface area contributed by atoms with E-state index in [-0.39, 0.29) is 44.4 Å². The van der Waals surface area contributed by atoms with Crippen molar-refractivity contribution in [3.63, 3.8) is 0 Å². The van der Waals surface area contributed by atoms with Gasteiger partial charge in [0.05, 0.1) is 11.1 Å². The van der Waals surface area contributed by atoms with E-state index in [0.717, 1.165) is 5.56 Å². The zero-order valence-corrected chi connectivity index (χ0v) is 28.7. The zero-order valence-electron chi connectivity index (χ0n) is 28.7. The molecule has 1 aliphatic heterocycles. The Kier molecular flexibility index (Phi) is 11.8. The van der Waals surface area contributed by atoms with E-state index in [0.29, 0.717) is 28.6 Å². The fraction of sp³-hybridized carbons (Fsp3) is 0.368. The third kappa shape index (κ3) is 9.76. The minimum Gasteiger partial charge on any atom is -0.460 e. The van der Waals surface area contributed by atoms with Gasteiger partial charge in [-0.15, -0.1) is 0 Å². The van der Waals surface area contributed by atoms with Gasteiger partial charge in [-0.3, -0.25) is 14.4 Å². The molecule has 1 aromatic heterocycles. The zero-order chi connectivity index (χ0) is 38.5. The number of H-pyrrole nitrogens is 1. The van der Waals surface area contributed by atoms with Crippen LogP contribution >= 0.6 is 0 Å². The highest BCUT2D eigenvalue weighted by Gasteiger charge is 2.44. The Labute approximate surface area is 300 Å². The number of aromatic nitrogens is 1. The number of rotatable bonds is 13. The van der Waals surface area contributed by atoms with Crippen molar-refractivity contribution in [2.75, 3.05) is 6.54 Å². The average Bonchev–Trinajstić information content (AvgIpc) is 3.70.